The summed E-state index contributed by atoms with van der Waals surface area (Å²) in [5.41, 5.74) is 1.17. The smallest absolute Gasteiger partial charge is 0.353 e. The zero-order valence-electron chi connectivity index (χ0n) is 11.7. The number of rotatable bonds is 4. The normalized spacial score (nSPS) is 15.0. The van der Waals surface area contributed by atoms with E-state index in [1.165, 1.54) is 16.9 Å². The number of ether oxygens (including phenoxy) is 2. The van der Waals surface area contributed by atoms with Crippen molar-refractivity contribution in [1.29, 1.82) is 0 Å². The highest BCUT2D eigenvalue weighted by Crippen LogP contribution is 2.48. The molecule has 1 aliphatic rings. The third-order valence-electron chi connectivity index (χ3n) is 3.06. The molecule has 0 amide bonds. The summed E-state index contributed by atoms with van der Waals surface area (Å²) in [6, 6.07) is 7.53. The molecule has 0 atom stereocenters. The molecule has 2 aromatic rings. The van der Waals surface area contributed by atoms with Crippen molar-refractivity contribution in [3.8, 4) is 11.5 Å². The molecule has 0 N–H and O–H groups in total. The van der Waals surface area contributed by atoms with Crippen LogP contribution in [0.15, 0.2) is 34.1 Å². The van der Waals surface area contributed by atoms with Gasteiger partial charge >= 0.3 is 5.97 Å². The second-order valence-electron chi connectivity index (χ2n) is 4.47. The fraction of sp³-hybridized carbons (Fsp3) is 0.267. The predicted octanol–water partition coefficient (Wildman–Crippen LogP) is 5.22. The Morgan fingerprint density at radius 2 is 2.09 bits per heavy atom. The summed E-state index contributed by atoms with van der Waals surface area (Å²) in [7, 11) is 1.59. The van der Waals surface area contributed by atoms with Crippen LogP contribution in [0.2, 0.25) is 0 Å². The molecule has 0 bridgehead atoms. The standard InChI is InChI=1S/C15H13BrO3S3/c1-18-11-8-9(15-21-5-6-22-15)7-10(16)13(11)19-14(17)12-3-2-4-20-12/h2-4,7-8,15H,5-6H2,1H3. The van der Waals surface area contributed by atoms with E-state index in [9.17, 15) is 4.79 Å². The number of halogens is 1. The molecule has 1 saturated heterocycles. The van der Waals surface area contributed by atoms with Crippen LogP contribution in [-0.2, 0) is 0 Å². The average molecular weight is 417 g/mol. The summed E-state index contributed by atoms with van der Waals surface area (Å²) in [5, 5.41) is 1.85. The Hall–Kier alpha value is -0.630. The van der Waals surface area contributed by atoms with E-state index in [-0.39, 0.29) is 5.97 Å². The van der Waals surface area contributed by atoms with E-state index in [2.05, 4.69) is 15.9 Å². The average Bonchev–Trinajstić information content (AvgIpc) is 3.22. The molecule has 1 aromatic heterocycles. The molecule has 116 valence electrons. The zero-order chi connectivity index (χ0) is 15.5. The molecule has 2 heterocycles. The van der Waals surface area contributed by atoms with E-state index in [1.54, 1.807) is 13.2 Å². The van der Waals surface area contributed by atoms with Crippen molar-refractivity contribution in [2.24, 2.45) is 0 Å². The Labute approximate surface area is 149 Å². The highest BCUT2D eigenvalue weighted by atomic mass is 79.9. The molecule has 1 fully saturated rings. The molecule has 7 heteroatoms. The molecule has 0 radical (unpaired) electrons. The minimum absolute atomic E-state index is 0.369. The number of methoxy groups -OCH3 is 1. The van der Waals surface area contributed by atoms with Gasteiger partial charge < -0.3 is 9.47 Å². The number of thioether (sulfide) groups is 2. The summed E-state index contributed by atoms with van der Waals surface area (Å²) >= 11 is 8.70. The van der Waals surface area contributed by atoms with Crippen LogP contribution in [0.5, 0.6) is 11.5 Å². The number of carbonyl (C=O) groups is 1. The van der Waals surface area contributed by atoms with E-state index >= 15 is 0 Å². The number of thiophene rings is 1. The highest BCUT2D eigenvalue weighted by molar-refractivity contribution is 9.10. The number of hydrogen-bond donors (Lipinski definition) is 0. The van der Waals surface area contributed by atoms with E-state index < -0.39 is 0 Å². The lowest BCUT2D eigenvalue weighted by molar-refractivity contribution is 0.0733. The lowest BCUT2D eigenvalue weighted by atomic mass is 10.2. The second-order valence-corrected chi connectivity index (χ2v) is 9.00. The van der Waals surface area contributed by atoms with Crippen molar-refractivity contribution in [3.05, 3.63) is 44.6 Å². The van der Waals surface area contributed by atoms with E-state index in [0.29, 0.717) is 21.0 Å². The molecule has 0 spiro atoms. The van der Waals surface area contributed by atoms with Crippen molar-refractivity contribution in [3.63, 3.8) is 0 Å². The minimum atomic E-state index is -0.369. The third-order valence-corrected chi connectivity index (χ3v) is 7.61. The summed E-state index contributed by atoms with van der Waals surface area (Å²) in [6.45, 7) is 0. The molecular weight excluding hydrogens is 404 g/mol. The highest BCUT2D eigenvalue weighted by Gasteiger charge is 2.23. The Bertz CT molecular complexity index is 667. The van der Waals surface area contributed by atoms with Gasteiger partial charge in [0.2, 0.25) is 0 Å². The van der Waals surface area contributed by atoms with Crippen LogP contribution in [0, 0.1) is 0 Å². The number of hydrogen-bond acceptors (Lipinski definition) is 6. The predicted molar refractivity (Wildman–Crippen MR) is 97.6 cm³/mol. The van der Waals surface area contributed by atoms with Gasteiger partial charge in [-0.15, -0.1) is 34.9 Å². The lowest BCUT2D eigenvalue weighted by Gasteiger charge is -2.15. The molecule has 22 heavy (non-hydrogen) atoms. The Morgan fingerprint density at radius 3 is 2.73 bits per heavy atom. The van der Waals surface area contributed by atoms with Gasteiger partial charge in [-0.3, -0.25) is 0 Å². The van der Waals surface area contributed by atoms with Gasteiger partial charge in [0.05, 0.1) is 16.2 Å². The number of esters is 1. The largest absolute Gasteiger partial charge is 0.493 e. The van der Waals surface area contributed by atoms with Gasteiger partial charge in [-0.25, -0.2) is 4.79 Å². The van der Waals surface area contributed by atoms with Gasteiger partial charge in [0, 0.05) is 11.5 Å². The van der Waals surface area contributed by atoms with Crippen LogP contribution < -0.4 is 9.47 Å². The molecule has 3 rings (SSSR count). The molecule has 0 aliphatic carbocycles. The first-order valence-electron chi connectivity index (χ1n) is 6.55. The van der Waals surface area contributed by atoms with Crippen LogP contribution in [-0.4, -0.2) is 24.6 Å². The van der Waals surface area contributed by atoms with Gasteiger partial charge in [-0.05, 0) is 45.1 Å². The van der Waals surface area contributed by atoms with Crippen LogP contribution in [0.3, 0.4) is 0 Å². The van der Waals surface area contributed by atoms with Crippen molar-refractivity contribution >= 4 is 56.8 Å². The molecule has 0 saturated carbocycles. The van der Waals surface area contributed by atoms with Crippen molar-refractivity contribution in [2.45, 2.75) is 4.58 Å². The maximum absolute atomic E-state index is 12.1. The Balaban J connectivity index is 1.88. The van der Waals surface area contributed by atoms with Gasteiger partial charge in [0.15, 0.2) is 11.5 Å². The summed E-state index contributed by atoms with van der Waals surface area (Å²) < 4.78 is 12.1. The quantitative estimate of drug-likeness (QED) is 0.504. The number of carbonyl (C=O) groups excluding carboxylic acids is 1. The Kier molecular flexibility index (Phi) is 5.38. The molecule has 0 unspecified atom stereocenters. The maximum atomic E-state index is 12.1. The number of benzene rings is 1. The first-order chi connectivity index (χ1) is 10.7. The molecule has 1 aliphatic heterocycles. The van der Waals surface area contributed by atoms with Crippen LogP contribution in [0.1, 0.15) is 19.8 Å². The van der Waals surface area contributed by atoms with Crippen molar-refractivity contribution < 1.29 is 14.3 Å². The monoisotopic (exact) mass is 416 g/mol. The third kappa shape index (κ3) is 3.48. The van der Waals surface area contributed by atoms with E-state index in [1.807, 2.05) is 47.1 Å². The Morgan fingerprint density at radius 1 is 1.32 bits per heavy atom. The van der Waals surface area contributed by atoms with Gasteiger partial charge in [0.1, 0.15) is 4.88 Å². The van der Waals surface area contributed by atoms with Crippen LogP contribution in [0.25, 0.3) is 0 Å². The first-order valence-corrected chi connectivity index (χ1v) is 10.3. The first kappa shape index (κ1) is 16.2. The fourth-order valence-corrected chi connectivity index (χ4v) is 6.02. The van der Waals surface area contributed by atoms with Gasteiger partial charge in [-0.1, -0.05) is 6.07 Å². The lowest BCUT2D eigenvalue weighted by Crippen LogP contribution is -2.08. The SMILES string of the molecule is COc1cc(C2SCCS2)cc(Br)c1OC(=O)c1cccs1. The zero-order valence-corrected chi connectivity index (χ0v) is 15.7. The fourth-order valence-electron chi connectivity index (χ4n) is 2.06. The van der Waals surface area contributed by atoms with Gasteiger partial charge in [0.25, 0.3) is 0 Å². The van der Waals surface area contributed by atoms with Gasteiger partial charge in [-0.2, -0.15) is 0 Å². The second kappa shape index (κ2) is 7.29. The van der Waals surface area contributed by atoms with E-state index in [0.717, 1.165) is 16.0 Å². The van der Waals surface area contributed by atoms with Crippen molar-refractivity contribution in [1.82, 2.24) is 0 Å². The van der Waals surface area contributed by atoms with Crippen LogP contribution in [0.4, 0.5) is 0 Å². The summed E-state index contributed by atoms with van der Waals surface area (Å²) in [6.07, 6.45) is 0. The molecule has 1 aromatic carbocycles. The van der Waals surface area contributed by atoms with Crippen molar-refractivity contribution in [2.75, 3.05) is 18.6 Å². The maximum Gasteiger partial charge on any atom is 0.353 e. The summed E-state index contributed by atoms with van der Waals surface area (Å²) in [5.74, 6) is 2.95. The molecular formula is C15H13BrO3S3. The molecule has 3 nitrogen and oxygen atoms in total. The topological polar surface area (TPSA) is 35.5 Å². The minimum Gasteiger partial charge on any atom is -0.493 e. The summed E-state index contributed by atoms with van der Waals surface area (Å²) in [4.78, 5) is 12.7. The van der Waals surface area contributed by atoms with Crippen LogP contribution >= 0.6 is 50.8 Å². The van der Waals surface area contributed by atoms with E-state index in [4.69, 9.17) is 9.47 Å².